The lowest BCUT2D eigenvalue weighted by molar-refractivity contribution is -0.122. The molecule has 0 saturated heterocycles. The van der Waals surface area contributed by atoms with Crippen molar-refractivity contribution < 1.29 is 9.53 Å². The Morgan fingerprint density at radius 1 is 1.12 bits per heavy atom. The molecule has 128 valence electrons. The SMILES string of the molecule is COc1ccc(CN(C)CC(=O)NCCc2ccccc2C)cc1. The molecule has 0 aromatic heterocycles. The van der Waals surface area contributed by atoms with Crippen LogP contribution in [-0.2, 0) is 17.8 Å². The van der Waals surface area contributed by atoms with E-state index in [1.165, 1.54) is 11.1 Å². The zero-order valence-electron chi connectivity index (χ0n) is 14.7. The molecule has 0 unspecified atom stereocenters. The van der Waals surface area contributed by atoms with Gasteiger partial charge in [0.2, 0.25) is 5.91 Å². The second-order valence-corrected chi connectivity index (χ2v) is 6.05. The Bertz CT molecular complexity index is 653. The lowest BCUT2D eigenvalue weighted by Crippen LogP contribution is -2.35. The third kappa shape index (κ3) is 5.70. The molecule has 1 N–H and O–H groups in total. The zero-order valence-corrected chi connectivity index (χ0v) is 14.7. The molecule has 0 spiro atoms. The summed E-state index contributed by atoms with van der Waals surface area (Å²) in [6.45, 7) is 3.88. The average Bonchev–Trinajstić information content (AvgIpc) is 2.57. The average molecular weight is 326 g/mol. The van der Waals surface area contributed by atoms with E-state index in [2.05, 4.69) is 24.4 Å². The number of amides is 1. The quantitative estimate of drug-likeness (QED) is 0.811. The fourth-order valence-corrected chi connectivity index (χ4v) is 2.63. The van der Waals surface area contributed by atoms with Crippen LogP contribution in [0.4, 0.5) is 0 Å². The lowest BCUT2D eigenvalue weighted by atomic mass is 10.1. The highest BCUT2D eigenvalue weighted by molar-refractivity contribution is 5.77. The molecule has 24 heavy (non-hydrogen) atoms. The van der Waals surface area contributed by atoms with Gasteiger partial charge in [-0.25, -0.2) is 0 Å². The maximum atomic E-state index is 12.0. The second kappa shape index (κ2) is 9.08. The molecular formula is C20H26N2O2. The van der Waals surface area contributed by atoms with Gasteiger partial charge in [0.05, 0.1) is 13.7 Å². The Hall–Kier alpha value is -2.33. The number of carbonyl (C=O) groups is 1. The van der Waals surface area contributed by atoms with E-state index in [0.717, 1.165) is 24.3 Å². The first-order chi connectivity index (χ1) is 11.6. The molecule has 0 saturated carbocycles. The van der Waals surface area contributed by atoms with Gasteiger partial charge in [-0.2, -0.15) is 0 Å². The molecule has 0 radical (unpaired) electrons. The number of ether oxygens (including phenoxy) is 1. The molecule has 0 fully saturated rings. The van der Waals surface area contributed by atoms with Gasteiger partial charge in [0.1, 0.15) is 5.75 Å². The van der Waals surface area contributed by atoms with Gasteiger partial charge in [0.15, 0.2) is 0 Å². The van der Waals surface area contributed by atoms with Crippen LogP contribution in [0.1, 0.15) is 16.7 Å². The van der Waals surface area contributed by atoms with Gasteiger partial charge in [0, 0.05) is 13.1 Å². The molecule has 0 aliphatic heterocycles. The van der Waals surface area contributed by atoms with E-state index in [1.807, 2.05) is 48.3 Å². The van der Waals surface area contributed by atoms with Crippen molar-refractivity contribution in [2.24, 2.45) is 0 Å². The third-order valence-electron chi connectivity index (χ3n) is 4.00. The van der Waals surface area contributed by atoms with Crippen LogP contribution in [0.2, 0.25) is 0 Å². The summed E-state index contributed by atoms with van der Waals surface area (Å²) in [4.78, 5) is 14.1. The van der Waals surface area contributed by atoms with Gasteiger partial charge >= 0.3 is 0 Å². The highest BCUT2D eigenvalue weighted by Gasteiger charge is 2.07. The summed E-state index contributed by atoms with van der Waals surface area (Å²) in [5, 5.41) is 2.99. The highest BCUT2D eigenvalue weighted by Crippen LogP contribution is 2.12. The fraction of sp³-hybridized carbons (Fsp3) is 0.350. The van der Waals surface area contributed by atoms with Gasteiger partial charge in [-0.3, -0.25) is 9.69 Å². The van der Waals surface area contributed by atoms with Crippen molar-refractivity contribution in [2.75, 3.05) is 27.2 Å². The number of benzene rings is 2. The largest absolute Gasteiger partial charge is 0.497 e. The van der Waals surface area contributed by atoms with E-state index >= 15 is 0 Å². The number of rotatable bonds is 8. The first-order valence-corrected chi connectivity index (χ1v) is 8.21. The second-order valence-electron chi connectivity index (χ2n) is 6.05. The van der Waals surface area contributed by atoms with Crippen LogP contribution in [0.5, 0.6) is 5.75 Å². The molecule has 0 bridgehead atoms. The van der Waals surface area contributed by atoms with E-state index in [9.17, 15) is 4.79 Å². The molecule has 1 amide bonds. The predicted octanol–water partition coefficient (Wildman–Crippen LogP) is 2.79. The van der Waals surface area contributed by atoms with E-state index in [-0.39, 0.29) is 5.91 Å². The number of nitrogens with one attached hydrogen (secondary N) is 1. The molecular weight excluding hydrogens is 300 g/mol. The molecule has 0 aliphatic carbocycles. The fourth-order valence-electron chi connectivity index (χ4n) is 2.63. The van der Waals surface area contributed by atoms with Gasteiger partial charge < -0.3 is 10.1 Å². The number of likely N-dealkylation sites (N-methyl/N-ethyl adjacent to an activating group) is 1. The van der Waals surface area contributed by atoms with E-state index in [0.29, 0.717) is 13.1 Å². The van der Waals surface area contributed by atoms with Crippen molar-refractivity contribution in [1.82, 2.24) is 10.2 Å². The molecule has 2 aromatic carbocycles. The van der Waals surface area contributed by atoms with Crippen molar-refractivity contribution in [2.45, 2.75) is 19.9 Å². The van der Waals surface area contributed by atoms with Crippen LogP contribution in [0, 0.1) is 6.92 Å². The Morgan fingerprint density at radius 3 is 2.50 bits per heavy atom. The number of methoxy groups -OCH3 is 1. The molecule has 4 heteroatoms. The standard InChI is InChI=1S/C20H26N2O2/c1-16-6-4-5-7-18(16)12-13-21-20(23)15-22(2)14-17-8-10-19(24-3)11-9-17/h4-11H,12-15H2,1-3H3,(H,21,23). The van der Waals surface area contributed by atoms with Crippen LogP contribution in [0.15, 0.2) is 48.5 Å². The van der Waals surface area contributed by atoms with E-state index in [4.69, 9.17) is 4.74 Å². The van der Waals surface area contributed by atoms with Gasteiger partial charge in [-0.15, -0.1) is 0 Å². The molecule has 2 rings (SSSR count). The molecule has 0 aliphatic rings. The summed E-state index contributed by atoms with van der Waals surface area (Å²) < 4.78 is 5.15. The Morgan fingerprint density at radius 2 is 1.83 bits per heavy atom. The third-order valence-corrected chi connectivity index (χ3v) is 4.00. The topological polar surface area (TPSA) is 41.6 Å². The number of aryl methyl sites for hydroxylation is 1. The zero-order chi connectivity index (χ0) is 17.4. The normalized spacial score (nSPS) is 10.7. The first kappa shape index (κ1) is 18.0. The molecule has 0 atom stereocenters. The number of nitrogens with zero attached hydrogens (tertiary/aromatic N) is 1. The minimum absolute atomic E-state index is 0.0552. The highest BCUT2D eigenvalue weighted by atomic mass is 16.5. The van der Waals surface area contributed by atoms with Gasteiger partial charge in [0.25, 0.3) is 0 Å². The summed E-state index contributed by atoms with van der Waals surface area (Å²) in [7, 11) is 3.60. The Balaban J connectivity index is 1.72. The number of carbonyl (C=O) groups excluding carboxylic acids is 1. The van der Waals surface area contributed by atoms with Gasteiger partial charge in [-0.05, 0) is 49.2 Å². The minimum atomic E-state index is 0.0552. The predicted molar refractivity (Wildman–Crippen MR) is 97.2 cm³/mol. The summed E-state index contributed by atoms with van der Waals surface area (Å²) in [5.41, 5.74) is 3.71. The van der Waals surface area contributed by atoms with Crippen LogP contribution in [-0.4, -0.2) is 38.1 Å². The maximum absolute atomic E-state index is 12.0. The van der Waals surface area contributed by atoms with Crippen molar-refractivity contribution in [3.63, 3.8) is 0 Å². The van der Waals surface area contributed by atoms with Crippen molar-refractivity contribution >= 4 is 5.91 Å². The van der Waals surface area contributed by atoms with Crippen LogP contribution >= 0.6 is 0 Å². The Kier molecular flexibility index (Phi) is 6.82. The first-order valence-electron chi connectivity index (χ1n) is 8.21. The van der Waals surface area contributed by atoms with Crippen molar-refractivity contribution in [3.8, 4) is 5.75 Å². The Labute approximate surface area is 144 Å². The summed E-state index contributed by atoms with van der Waals surface area (Å²) in [6.07, 6.45) is 0.862. The molecule has 4 nitrogen and oxygen atoms in total. The number of hydrogen-bond acceptors (Lipinski definition) is 3. The maximum Gasteiger partial charge on any atom is 0.234 e. The van der Waals surface area contributed by atoms with Crippen LogP contribution in [0.3, 0.4) is 0 Å². The molecule has 2 aromatic rings. The van der Waals surface area contributed by atoms with Gasteiger partial charge in [-0.1, -0.05) is 36.4 Å². The van der Waals surface area contributed by atoms with E-state index < -0.39 is 0 Å². The van der Waals surface area contributed by atoms with Crippen LogP contribution in [0.25, 0.3) is 0 Å². The van der Waals surface area contributed by atoms with E-state index in [1.54, 1.807) is 7.11 Å². The minimum Gasteiger partial charge on any atom is -0.497 e. The number of hydrogen-bond donors (Lipinski definition) is 1. The monoisotopic (exact) mass is 326 g/mol. The van der Waals surface area contributed by atoms with Crippen LogP contribution < -0.4 is 10.1 Å². The summed E-state index contributed by atoms with van der Waals surface area (Å²) >= 11 is 0. The smallest absolute Gasteiger partial charge is 0.234 e. The summed E-state index contributed by atoms with van der Waals surface area (Å²) in [5.74, 6) is 0.898. The molecule has 0 heterocycles. The van der Waals surface area contributed by atoms with Crippen molar-refractivity contribution in [3.05, 3.63) is 65.2 Å². The summed E-state index contributed by atoms with van der Waals surface area (Å²) in [6, 6.07) is 16.2. The van der Waals surface area contributed by atoms with Crippen molar-refractivity contribution in [1.29, 1.82) is 0 Å². The lowest BCUT2D eigenvalue weighted by Gasteiger charge is -2.16.